The fourth-order valence-electron chi connectivity index (χ4n) is 2.35. The van der Waals surface area contributed by atoms with Crippen LogP contribution in [0.15, 0.2) is 54.6 Å². The second-order valence-electron chi connectivity index (χ2n) is 4.93. The molecular weight excluding hydrogens is 236 g/mol. The average Bonchev–Trinajstić information content (AvgIpc) is 2.43. The van der Waals surface area contributed by atoms with Gasteiger partial charge in [-0.15, -0.1) is 0 Å². The van der Waals surface area contributed by atoms with E-state index in [0.717, 1.165) is 11.1 Å². The van der Waals surface area contributed by atoms with Crippen molar-refractivity contribution in [2.45, 2.75) is 18.9 Å². The first-order valence-electron chi connectivity index (χ1n) is 6.47. The first-order valence-corrected chi connectivity index (χ1v) is 6.47. The van der Waals surface area contributed by atoms with E-state index in [4.69, 9.17) is 4.74 Å². The van der Waals surface area contributed by atoms with Crippen molar-refractivity contribution in [2.75, 3.05) is 13.7 Å². The van der Waals surface area contributed by atoms with Gasteiger partial charge in [0.05, 0.1) is 6.61 Å². The molecule has 1 atom stereocenters. The first-order chi connectivity index (χ1) is 9.15. The lowest BCUT2D eigenvalue weighted by Gasteiger charge is -2.28. The number of aryl methyl sites for hydroxylation is 1. The summed E-state index contributed by atoms with van der Waals surface area (Å²) in [7, 11) is 1.62. The zero-order valence-corrected chi connectivity index (χ0v) is 11.5. The van der Waals surface area contributed by atoms with E-state index in [1.54, 1.807) is 7.11 Å². The molecule has 2 aromatic rings. The van der Waals surface area contributed by atoms with Crippen LogP contribution in [-0.2, 0) is 16.8 Å². The van der Waals surface area contributed by atoms with Crippen molar-refractivity contribution < 1.29 is 9.84 Å². The molecule has 1 N–H and O–H groups in total. The molecule has 100 valence electrons. The summed E-state index contributed by atoms with van der Waals surface area (Å²) in [5.74, 6) is 0. The van der Waals surface area contributed by atoms with Gasteiger partial charge in [-0.3, -0.25) is 0 Å². The van der Waals surface area contributed by atoms with Gasteiger partial charge < -0.3 is 9.84 Å². The molecular formula is C17H20O2. The summed E-state index contributed by atoms with van der Waals surface area (Å²) in [6, 6.07) is 17.8. The second kappa shape index (κ2) is 6.00. The van der Waals surface area contributed by atoms with Gasteiger partial charge in [-0.1, -0.05) is 54.6 Å². The van der Waals surface area contributed by atoms with Crippen LogP contribution in [0.1, 0.15) is 16.7 Å². The maximum atomic E-state index is 10.9. The Labute approximate surface area is 114 Å². The zero-order chi connectivity index (χ0) is 13.7. The summed E-state index contributed by atoms with van der Waals surface area (Å²) in [4.78, 5) is 0. The number of methoxy groups -OCH3 is 1. The molecule has 2 nitrogen and oxygen atoms in total. The van der Waals surface area contributed by atoms with Gasteiger partial charge in [0.15, 0.2) is 0 Å². The van der Waals surface area contributed by atoms with E-state index in [1.807, 2.05) is 42.5 Å². The minimum Gasteiger partial charge on any atom is -0.382 e. The van der Waals surface area contributed by atoms with E-state index in [1.165, 1.54) is 5.56 Å². The molecule has 0 saturated heterocycles. The van der Waals surface area contributed by atoms with Crippen LogP contribution in [0.2, 0.25) is 0 Å². The molecule has 0 radical (unpaired) electrons. The van der Waals surface area contributed by atoms with Crippen LogP contribution in [0.3, 0.4) is 0 Å². The summed E-state index contributed by atoms with van der Waals surface area (Å²) in [6.07, 6.45) is 0.553. The molecule has 1 unspecified atom stereocenters. The number of hydrogen-bond donors (Lipinski definition) is 1. The number of aliphatic hydroxyl groups is 1. The molecule has 0 spiro atoms. The van der Waals surface area contributed by atoms with Gasteiger partial charge in [0.1, 0.15) is 5.60 Å². The van der Waals surface area contributed by atoms with Crippen LogP contribution >= 0.6 is 0 Å². The molecule has 0 aromatic heterocycles. The second-order valence-corrected chi connectivity index (χ2v) is 4.93. The monoisotopic (exact) mass is 256 g/mol. The third kappa shape index (κ3) is 3.22. The zero-order valence-electron chi connectivity index (χ0n) is 11.5. The molecule has 2 heteroatoms. The van der Waals surface area contributed by atoms with Crippen molar-refractivity contribution >= 4 is 0 Å². The van der Waals surface area contributed by atoms with Crippen LogP contribution in [0.25, 0.3) is 0 Å². The SMILES string of the molecule is COCC(O)(Cc1ccccc1C)c1ccccc1. The van der Waals surface area contributed by atoms with Crippen LogP contribution in [0, 0.1) is 6.92 Å². The summed E-state index contributed by atoms with van der Waals surface area (Å²) in [5.41, 5.74) is 2.24. The highest BCUT2D eigenvalue weighted by atomic mass is 16.5. The van der Waals surface area contributed by atoms with Gasteiger partial charge in [-0.25, -0.2) is 0 Å². The number of rotatable bonds is 5. The van der Waals surface area contributed by atoms with Gasteiger partial charge in [0, 0.05) is 13.5 Å². The van der Waals surface area contributed by atoms with Crippen molar-refractivity contribution in [3.05, 3.63) is 71.3 Å². The highest BCUT2D eigenvalue weighted by Crippen LogP contribution is 2.27. The molecule has 0 aliphatic heterocycles. The molecule has 0 aliphatic rings. The van der Waals surface area contributed by atoms with Gasteiger partial charge in [0.25, 0.3) is 0 Å². The van der Waals surface area contributed by atoms with E-state index in [0.29, 0.717) is 6.42 Å². The molecule has 2 rings (SSSR count). The molecule has 0 aliphatic carbocycles. The number of ether oxygens (including phenoxy) is 1. The molecule has 2 aromatic carbocycles. The molecule has 19 heavy (non-hydrogen) atoms. The van der Waals surface area contributed by atoms with E-state index in [-0.39, 0.29) is 6.61 Å². The third-order valence-electron chi connectivity index (χ3n) is 3.44. The van der Waals surface area contributed by atoms with Gasteiger partial charge in [-0.2, -0.15) is 0 Å². The minimum absolute atomic E-state index is 0.283. The fraction of sp³-hybridized carbons (Fsp3) is 0.294. The van der Waals surface area contributed by atoms with E-state index < -0.39 is 5.60 Å². The molecule has 0 heterocycles. The fourth-order valence-corrected chi connectivity index (χ4v) is 2.35. The summed E-state index contributed by atoms with van der Waals surface area (Å²) < 4.78 is 5.22. The summed E-state index contributed by atoms with van der Waals surface area (Å²) in [5, 5.41) is 10.9. The van der Waals surface area contributed by atoms with E-state index >= 15 is 0 Å². The van der Waals surface area contributed by atoms with Crippen molar-refractivity contribution in [1.29, 1.82) is 0 Å². The Balaban J connectivity index is 2.33. The van der Waals surface area contributed by atoms with Gasteiger partial charge in [-0.05, 0) is 23.6 Å². The van der Waals surface area contributed by atoms with Gasteiger partial charge in [0.2, 0.25) is 0 Å². The maximum Gasteiger partial charge on any atom is 0.117 e. The topological polar surface area (TPSA) is 29.5 Å². The quantitative estimate of drug-likeness (QED) is 0.891. The Morgan fingerprint density at radius 1 is 1.00 bits per heavy atom. The lowest BCUT2D eigenvalue weighted by Crippen LogP contribution is -2.34. The Morgan fingerprint density at radius 2 is 1.63 bits per heavy atom. The average molecular weight is 256 g/mol. The van der Waals surface area contributed by atoms with Crippen LogP contribution in [0.5, 0.6) is 0 Å². The Kier molecular flexibility index (Phi) is 4.35. The van der Waals surface area contributed by atoms with Crippen molar-refractivity contribution in [2.24, 2.45) is 0 Å². The Morgan fingerprint density at radius 3 is 2.26 bits per heavy atom. The highest BCUT2D eigenvalue weighted by Gasteiger charge is 2.29. The summed E-state index contributed by atoms with van der Waals surface area (Å²) >= 11 is 0. The molecule has 0 bridgehead atoms. The smallest absolute Gasteiger partial charge is 0.117 e. The predicted molar refractivity (Wildman–Crippen MR) is 77.1 cm³/mol. The van der Waals surface area contributed by atoms with Crippen molar-refractivity contribution in [3.8, 4) is 0 Å². The summed E-state index contributed by atoms with van der Waals surface area (Å²) in [6.45, 7) is 2.35. The van der Waals surface area contributed by atoms with Crippen LogP contribution in [-0.4, -0.2) is 18.8 Å². The molecule has 0 fully saturated rings. The predicted octanol–water partition coefficient (Wildman–Crippen LogP) is 3.07. The largest absolute Gasteiger partial charge is 0.382 e. The molecule has 0 amide bonds. The Hall–Kier alpha value is -1.64. The first kappa shape index (κ1) is 13.8. The lowest BCUT2D eigenvalue weighted by atomic mass is 9.86. The van der Waals surface area contributed by atoms with Crippen LogP contribution < -0.4 is 0 Å². The van der Waals surface area contributed by atoms with Crippen LogP contribution in [0.4, 0.5) is 0 Å². The maximum absolute atomic E-state index is 10.9. The van der Waals surface area contributed by atoms with E-state index in [2.05, 4.69) is 19.1 Å². The lowest BCUT2D eigenvalue weighted by molar-refractivity contribution is -0.0356. The normalized spacial score (nSPS) is 14.1. The highest BCUT2D eigenvalue weighted by molar-refractivity contribution is 5.31. The Bertz CT molecular complexity index is 522. The molecule has 0 saturated carbocycles. The van der Waals surface area contributed by atoms with Gasteiger partial charge >= 0.3 is 0 Å². The minimum atomic E-state index is -0.984. The van der Waals surface area contributed by atoms with Crippen molar-refractivity contribution in [1.82, 2.24) is 0 Å². The number of benzene rings is 2. The van der Waals surface area contributed by atoms with E-state index in [9.17, 15) is 5.11 Å². The number of hydrogen-bond acceptors (Lipinski definition) is 2. The standard InChI is InChI=1S/C17H20O2/c1-14-8-6-7-9-15(14)12-17(18,13-19-2)16-10-4-3-5-11-16/h3-11,18H,12-13H2,1-2H3. The third-order valence-corrected chi connectivity index (χ3v) is 3.44. The van der Waals surface area contributed by atoms with Crippen molar-refractivity contribution in [3.63, 3.8) is 0 Å².